The maximum Gasteiger partial charge on any atom is 0.167 e. The smallest absolute Gasteiger partial charge is 0.167 e. The van der Waals surface area contributed by atoms with Crippen molar-refractivity contribution in [2.75, 3.05) is 20.0 Å². The van der Waals surface area contributed by atoms with Gasteiger partial charge in [-0.15, -0.1) is 0 Å². The van der Waals surface area contributed by atoms with Crippen LogP contribution >= 0.6 is 0 Å². The van der Waals surface area contributed by atoms with Crippen molar-refractivity contribution in [2.24, 2.45) is 0 Å². The van der Waals surface area contributed by atoms with Crippen molar-refractivity contribution in [3.8, 4) is 51.4 Å². The van der Waals surface area contributed by atoms with Gasteiger partial charge in [-0.25, -0.2) is 15.0 Å². The summed E-state index contributed by atoms with van der Waals surface area (Å²) in [4.78, 5) is 13.8. The Morgan fingerprint density at radius 2 is 1.17 bits per heavy atom. The summed E-state index contributed by atoms with van der Waals surface area (Å²) in [6.07, 6.45) is 0. The summed E-state index contributed by atoms with van der Waals surface area (Å²) in [5.41, 5.74) is 8.52. The molecule has 7 nitrogen and oxygen atoms in total. The van der Waals surface area contributed by atoms with Crippen LogP contribution < -0.4 is 15.2 Å². The second kappa shape index (κ2) is 8.08. The molecule has 4 aromatic rings. The molecular weight excluding hydrogens is 380 g/mol. The van der Waals surface area contributed by atoms with Gasteiger partial charge in [0.15, 0.2) is 17.5 Å². The van der Waals surface area contributed by atoms with E-state index in [2.05, 4.69) is 15.0 Å². The predicted octanol–water partition coefficient (Wildman–Crippen LogP) is 4.18. The first-order chi connectivity index (χ1) is 14.6. The van der Waals surface area contributed by atoms with Crippen LogP contribution in [-0.4, -0.2) is 34.3 Å². The number of methoxy groups -OCH3 is 2. The zero-order valence-corrected chi connectivity index (χ0v) is 16.5. The third-order valence-electron chi connectivity index (χ3n) is 4.60. The molecule has 0 aliphatic carbocycles. The Morgan fingerprint density at radius 1 is 0.667 bits per heavy atom. The molecule has 0 bridgehead atoms. The van der Waals surface area contributed by atoms with Crippen molar-refractivity contribution < 1.29 is 14.6 Å². The minimum absolute atomic E-state index is 0.0180. The number of ether oxygens (including phenoxy) is 2. The summed E-state index contributed by atoms with van der Waals surface area (Å²) in [5.74, 6) is 2.59. The molecule has 4 rings (SSSR count). The number of aromatic nitrogens is 3. The number of nitrogen functional groups attached to an aromatic ring is 1. The van der Waals surface area contributed by atoms with Crippen LogP contribution in [0.15, 0.2) is 66.7 Å². The van der Waals surface area contributed by atoms with Gasteiger partial charge in [0.2, 0.25) is 0 Å². The highest BCUT2D eigenvalue weighted by molar-refractivity contribution is 5.71. The van der Waals surface area contributed by atoms with Gasteiger partial charge in [0, 0.05) is 22.9 Å². The van der Waals surface area contributed by atoms with Crippen LogP contribution in [0.2, 0.25) is 0 Å². The monoisotopic (exact) mass is 400 g/mol. The number of hydrogen-bond donors (Lipinski definition) is 2. The number of nitrogens with zero attached hydrogens (tertiary/aromatic N) is 3. The molecule has 0 fully saturated rings. The van der Waals surface area contributed by atoms with Crippen LogP contribution in [0, 0.1) is 0 Å². The van der Waals surface area contributed by atoms with Crippen molar-refractivity contribution in [3.63, 3.8) is 0 Å². The minimum Gasteiger partial charge on any atom is -0.507 e. The van der Waals surface area contributed by atoms with Gasteiger partial charge in [-0.2, -0.15) is 0 Å². The van der Waals surface area contributed by atoms with E-state index in [1.165, 1.54) is 6.07 Å². The fraction of sp³-hybridized carbons (Fsp3) is 0.0870. The maximum atomic E-state index is 10.5. The van der Waals surface area contributed by atoms with Gasteiger partial charge in [0.1, 0.15) is 17.2 Å². The Balaban J connectivity index is 1.88. The van der Waals surface area contributed by atoms with E-state index in [4.69, 9.17) is 15.2 Å². The average Bonchev–Trinajstić information content (AvgIpc) is 2.79. The van der Waals surface area contributed by atoms with E-state index < -0.39 is 0 Å². The molecule has 0 amide bonds. The van der Waals surface area contributed by atoms with E-state index in [0.717, 1.165) is 16.9 Å². The first-order valence-corrected chi connectivity index (χ1v) is 9.21. The summed E-state index contributed by atoms with van der Waals surface area (Å²) < 4.78 is 10.4. The van der Waals surface area contributed by atoms with Gasteiger partial charge in [0.25, 0.3) is 0 Å². The van der Waals surface area contributed by atoms with Crippen molar-refractivity contribution in [1.82, 2.24) is 15.0 Å². The standard InChI is InChI=1S/C23H20N4O3/c1-29-17-9-5-15(6-10-17)22-25-21(14-3-7-16(24)8-4-14)26-23(27-22)19-12-11-18(30-2)13-20(19)28/h3-13,28H,24H2,1-2H3. The zero-order chi connectivity index (χ0) is 21.1. The molecule has 1 heterocycles. The molecule has 1 aromatic heterocycles. The SMILES string of the molecule is COc1ccc(-c2nc(-c3ccc(N)cc3)nc(-c3ccc(OC)cc3O)n2)cc1. The lowest BCUT2D eigenvalue weighted by Crippen LogP contribution is -2.00. The summed E-state index contributed by atoms with van der Waals surface area (Å²) in [6, 6.07) is 19.7. The van der Waals surface area contributed by atoms with Crippen LogP contribution in [0.4, 0.5) is 5.69 Å². The molecule has 0 radical (unpaired) electrons. The highest BCUT2D eigenvalue weighted by Gasteiger charge is 2.15. The predicted molar refractivity (Wildman–Crippen MR) is 115 cm³/mol. The van der Waals surface area contributed by atoms with Crippen LogP contribution in [0.5, 0.6) is 17.2 Å². The lowest BCUT2D eigenvalue weighted by atomic mass is 10.1. The van der Waals surface area contributed by atoms with E-state index in [1.807, 2.05) is 36.4 Å². The van der Waals surface area contributed by atoms with Crippen LogP contribution in [-0.2, 0) is 0 Å². The molecule has 0 saturated carbocycles. The lowest BCUT2D eigenvalue weighted by molar-refractivity contribution is 0.408. The molecular formula is C23H20N4O3. The molecule has 0 atom stereocenters. The summed E-state index contributed by atoms with van der Waals surface area (Å²) in [5, 5.41) is 10.5. The molecule has 3 aromatic carbocycles. The zero-order valence-electron chi connectivity index (χ0n) is 16.5. The molecule has 0 aliphatic rings. The quantitative estimate of drug-likeness (QED) is 0.484. The average molecular weight is 400 g/mol. The Hall–Kier alpha value is -4.13. The van der Waals surface area contributed by atoms with Crippen molar-refractivity contribution in [1.29, 1.82) is 0 Å². The Labute approximate surface area is 173 Å². The molecule has 0 saturated heterocycles. The number of aromatic hydroxyl groups is 1. The van der Waals surface area contributed by atoms with Crippen LogP contribution in [0.3, 0.4) is 0 Å². The Bertz CT molecular complexity index is 1180. The second-order valence-corrected chi connectivity index (χ2v) is 6.54. The van der Waals surface area contributed by atoms with Crippen LogP contribution in [0.1, 0.15) is 0 Å². The van der Waals surface area contributed by atoms with E-state index in [1.54, 1.807) is 38.5 Å². The van der Waals surface area contributed by atoms with Crippen molar-refractivity contribution in [2.45, 2.75) is 0 Å². The van der Waals surface area contributed by atoms with Gasteiger partial charge in [-0.3, -0.25) is 0 Å². The first kappa shape index (κ1) is 19.2. The Kier molecular flexibility index (Phi) is 5.17. The summed E-state index contributed by atoms with van der Waals surface area (Å²) >= 11 is 0. The Morgan fingerprint density at radius 3 is 1.70 bits per heavy atom. The normalized spacial score (nSPS) is 10.6. The van der Waals surface area contributed by atoms with E-state index in [9.17, 15) is 5.11 Å². The minimum atomic E-state index is 0.0180. The highest BCUT2D eigenvalue weighted by atomic mass is 16.5. The molecule has 3 N–H and O–H groups in total. The van der Waals surface area contributed by atoms with Gasteiger partial charge < -0.3 is 20.3 Å². The van der Waals surface area contributed by atoms with E-state index in [-0.39, 0.29) is 5.75 Å². The third-order valence-corrected chi connectivity index (χ3v) is 4.60. The second-order valence-electron chi connectivity index (χ2n) is 6.54. The highest BCUT2D eigenvalue weighted by Crippen LogP contribution is 2.32. The van der Waals surface area contributed by atoms with Gasteiger partial charge in [0.05, 0.1) is 19.8 Å². The van der Waals surface area contributed by atoms with Crippen LogP contribution in [0.25, 0.3) is 34.2 Å². The summed E-state index contributed by atoms with van der Waals surface area (Å²) in [6.45, 7) is 0. The summed E-state index contributed by atoms with van der Waals surface area (Å²) in [7, 11) is 3.15. The molecule has 150 valence electrons. The third kappa shape index (κ3) is 3.86. The molecule has 0 spiro atoms. The van der Waals surface area contributed by atoms with Crippen molar-refractivity contribution >= 4 is 5.69 Å². The van der Waals surface area contributed by atoms with Gasteiger partial charge in [-0.05, 0) is 60.7 Å². The van der Waals surface area contributed by atoms with E-state index >= 15 is 0 Å². The largest absolute Gasteiger partial charge is 0.507 e. The van der Waals surface area contributed by atoms with E-state index in [0.29, 0.717) is 34.5 Å². The number of phenolic OH excluding ortho intramolecular Hbond substituents is 1. The fourth-order valence-electron chi connectivity index (χ4n) is 2.95. The maximum absolute atomic E-state index is 10.5. The molecule has 0 aliphatic heterocycles. The topological polar surface area (TPSA) is 103 Å². The molecule has 7 heteroatoms. The molecule has 0 unspecified atom stereocenters. The number of rotatable bonds is 5. The van der Waals surface area contributed by atoms with Crippen molar-refractivity contribution in [3.05, 3.63) is 66.7 Å². The lowest BCUT2D eigenvalue weighted by Gasteiger charge is -2.10. The number of anilines is 1. The van der Waals surface area contributed by atoms with Gasteiger partial charge in [-0.1, -0.05) is 0 Å². The number of nitrogens with two attached hydrogens (primary N) is 1. The fourth-order valence-corrected chi connectivity index (χ4v) is 2.95. The molecule has 30 heavy (non-hydrogen) atoms. The van der Waals surface area contributed by atoms with Gasteiger partial charge >= 0.3 is 0 Å². The first-order valence-electron chi connectivity index (χ1n) is 9.21. The number of phenols is 1. The number of hydrogen-bond acceptors (Lipinski definition) is 7. The number of benzene rings is 3.